The third-order valence-corrected chi connectivity index (χ3v) is 3.41. The smallest absolute Gasteiger partial charge is 0.125 e. The fourth-order valence-electron chi connectivity index (χ4n) is 1.13. The van der Waals surface area contributed by atoms with Crippen LogP contribution in [0.4, 0.5) is 5.82 Å². The van der Waals surface area contributed by atoms with Crippen molar-refractivity contribution < 1.29 is 5.11 Å². The summed E-state index contributed by atoms with van der Waals surface area (Å²) in [6, 6.07) is 4.08. The van der Waals surface area contributed by atoms with Gasteiger partial charge in [-0.3, -0.25) is 0 Å². The first-order valence-electron chi connectivity index (χ1n) is 5.07. The predicted octanol–water partition coefficient (Wildman–Crippen LogP) is 1.98. The number of nitrogens with one attached hydrogen (secondary N) is 1. The minimum atomic E-state index is 0.269. The number of aliphatic hydroxyl groups excluding tert-OH is 1. The van der Waals surface area contributed by atoms with E-state index in [0.29, 0.717) is 5.92 Å². The van der Waals surface area contributed by atoms with Crippen LogP contribution in [0, 0.1) is 5.92 Å². The standard InChI is InChI=1S/C11H18N2OS/c1-9(6-14)7-15-8-10-3-4-13-11(5-10)12-2/h3-5,9,14H,6-8H2,1-2H3,(H,12,13). The van der Waals surface area contributed by atoms with E-state index >= 15 is 0 Å². The summed E-state index contributed by atoms with van der Waals surface area (Å²) in [4.78, 5) is 4.16. The molecule has 0 aliphatic heterocycles. The zero-order valence-electron chi connectivity index (χ0n) is 9.23. The molecule has 4 heteroatoms. The van der Waals surface area contributed by atoms with E-state index in [2.05, 4.69) is 23.3 Å². The molecule has 0 radical (unpaired) electrons. The lowest BCUT2D eigenvalue weighted by atomic mass is 10.2. The van der Waals surface area contributed by atoms with Crippen LogP contribution in [0.1, 0.15) is 12.5 Å². The highest BCUT2D eigenvalue weighted by molar-refractivity contribution is 7.98. The van der Waals surface area contributed by atoms with Gasteiger partial charge in [0.2, 0.25) is 0 Å². The zero-order valence-corrected chi connectivity index (χ0v) is 10.0. The normalized spacial score (nSPS) is 12.5. The Kier molecular flexibility index (Phi) is 5.50. The molecule has 15 heavy (non-hydrogen) atoms. The molecule has 0 amide bonds. The summed E-state index contributed by atoms with van der Waals surface area (Å²) in [6.07, 6.45) is 1.82. The van der Waals surface area contributed by atoms with E-state index in [9.17, 15) is 0 Å². The first-order chi connectivity index (χ1) is 7.26. The molecule has 84 valence electrons. The summed E-state index contributed by atoms with van der Waals surface area (Å²) in [5.41, 5.74) is 1.27. The average Bonchev–Trinajstić information content (AvgIpc) is 2.29. The van der Waals surface area contributed by atoms with Crippen LogP contribution in [0.25, 0.3) is 0 Å². The maximum absolute atomic E-state index is 8.88. The van der Waals surface area contributed by atoms with Crippen molar-refractivity contribution in [3.63, 3.8) is 0 Å². The monoisotopic (exact) mass is 226 g/mol. The number of aromatic nitrogens is 1. The summed E-state index contributed by atoms with van der Waals surface area (Å²) < 4.78 is 0. The molecule has 1 aromatic heterocycles. The Bertz CT molecular complexity index is 294. The van der Waals surface area contributed by atoms with Crippen LogP contribution < -0.4 is 5.32 Å². The lowest BCUT2D eigenvalue weighted by molar-refractivity contribution is 0.250. The number of hydrogen-bond acceptors (Lipinski definition) is 4. The van der Waals surface area contributed by atoms with Crippen LogP contribution in [0.5, 0.6) is 0 Å². The number of pyridine rings is 1. The van der Waals surface area contributed by atoms with E-state index in [0.717, 1.165) is 17.3 Å². The number of rotatable bonds is 6. The Morgan fingerprint density at radius 3 is 3.07 bits per heavy atom. The van der Waals surface area contributed by atoms with E-state index in [-0.39, 0.29) is 6.61 Å². The van der Waals surface area contributed by atoms with Crippen molar-refractivity contribution in [3.8, 4) is 0 Å². The topological polar surface area (TPSA) is 45.1 Å². The van der Waals surface area contributed by atoms with Gasteiger partial charge in [0.25, 0.3) is 0 Å². The number of thioether (sulfide) groups is 1. The second kappa shape index (κ2) is 6.69. The van der Waals surface area contributed by atoms with Gasteiger partial charge in [-0.2, -0.15) is 11.8 Å². The van der Waals surface area contributed by atoms with Gasteiger partial charge >= 0.3 is 0 Å². The number of hydrogen-bond donors (Lipinski definition) is 2. The first-order valence-corrected chi connectivity index (χ1v) is 6.23. The van der Waals surface area contributed by atoms with Crippen LogP contribution in [0.3, 0.4) is 0 Å². The molecule has 1 rings (SSSR count). The fourth-order valence-corrected chi connectivity index (χ4v) is 2.17. The van der Waals surface area contributed by atoms with Crippen molar-refractivity contribution in [2.24, 2.45) is 5.92 Å². The van der Waals surface area contributed by atoms with Gasteiger partial charge in [-0.05, 0) is 29.4 Å². The van der Waals surface area contributed by atoms with Crippen molar-refractivity contribution in [1.29, 1.82) is 0 Å². The molecule has 1 unspecified atom stereocenters. The van der Waals surface area contributed by atoms with Crippen molar-refractivity contribution in [2.45, 2.75) is 12.7 Å². The molecule has 0 aliphatic rings. The molecule has 0 aromatic carbocycles. The molecule has 2 N–H and O–H groups in total. The van der Waals surface area contributed by atoms with Gasteiger partial charge in [0, 0.05) is 25.6 Å². The van der Waals surface area contributed by atoms with Gasteiger partial charge in [-0.15, -0.1) is 0 Å². The Balaban J connectivity index is 2.37. The summed E-state index contributed by atoms with van der Waals surface area (Å²) >= 11 is 1.84. The highest BCUT2D eigenvalue weighted by Gasteiger charge is 2.01. The largest absolute Gasteiger partial charge is 0.396 e. The third kappa shape index (κ3) is 4.53. The van der Waals surface area contributed by atoms with Crippen molar-refractivity contribution in [1.82, 2.24) is 4.98 Å². The minimum absolute atomic E-state index is 0.269. The Hall–Kier alpha value is -0.740. The first kappa shape index (κ1) is 12.3. The van der Waals surface area contributed by atoms with Crippen LogP contribution in [-0.2, 0) is 5.75 Å². The number of aliphatic hydroxyl groups is 1. The molecule has 1 heterocycles. The van der Waals surface area contributed by atoms with E-state index in [4.69, 9.17) is 5.11 Å². The van der Waals surface area contributed by atoms with Gasteiger partial charge in [-0.25, -0.2) is 4.98 Å². The molecule has 0 aliphatic carbocycles. The van der Waals surface area contributed by atoms with E-state index in [1.165, 1.54) is 5.56 Å². The lowest BCUT2D eigenvalue weighted by Crippen LogP contribution is -2.03. The molecule has 0 saturated heterocycles. The predicted molar refractivity (Wildman–Crippen MR) is 66.2 cm³/mol. The third-order valence-electron chi connectivity index (χ3n) is 2.06. The van der Waals surface area contributed by atoms with E-state index < -0.39 is 0 Å². The summed E-state index contributed by atoms with van der Waals surface area (Å²) in [5.74, 6) is 3.25. The minimum Gasteiger partial charge on any atom is -0.396 e. The molecular weight excluding hydrogens is 208 g/mol. The Morgan fingerprint density at radius 1 is 1.60 bits per heavy atom. The summed E-state index contributed by atoms with van der Waals surface area (Å²) in [6.45, 7) is 2.32. The average molecular weight is 226 g/mol. The maximum atomic E-state index is 8.88. The van der Waals surface area contributed by atoms with Gasteiger partial charge in [0.05, 0.1) is 0 Å². The molecule has 0 bridgehead atoms. The van der Waals surface area contributed by atoms with Crippen molar-refractivity contribution in [3.05, 3.63) is 23.9 Å². The second-order valence-electron chi connectivity index (χ2n) is 3.60. The Labute approximate surface area is 95.3 Å². The molecule has 1 atom stereocenters. The molecule has 0 saturated carbocycles. The van der Waals surface area contributed by atoms with Gasteiger partial charge < -0.3 is 10.4 Å². The molecular formula is C11H18N2OS. The second-order valence-corrected chi connectivity index (χ2v) is 4.63. The summed E-state index contributed by atoms with van der Waals surface area (Å²) in [5, 5.41) is 11.9. The number of nitrogens with zero attached hydrogens (tertiary/aromatic N) is 1. The summed E-state index contributed by atoms with van der Waals surface area (Å²) in [7, 11) is 1.87. The van der Waals surface area contributed by atoms with Gasteiger partial charge in [0.1, 0.15) is 5.82 Å². The fraction of sp³-hybridized carbons (Fsp3) is 0.545. The van der Waals surface area contributed by atoms with Crippen molar-refractivity contribution in [2.75, 3.05) is 24.7 Å². The highest BCUT2D eigenvalue weighted by Crippen LogP contribution is 2.16. The van der Waals surface area contributed by atoms with Crippen molar-refractivity contribution >= 4 is 17.6 Å². The van der Waals surface area contributed by atoms with Gasteiger partial charge in [-0.1, -0.05) is 6.92 Å². The molecule has 0 spiro atoms. The quantitative estimate of drug-likeness (QED) is 0.778. The van der Waals surface area contributed by atoms with Gasteiger partial charge in [0.15, 0.2) is 0 Å². The van der Waals surface area contributed by atoms with E-state index in [1.54, 1.807) is 0 Å². The van der Waals surface area contributed by atoms with Crippen LogP contribution in [-0.4, -0.2) is 29.5 Å². The lowest BCUT2D eigenvalue weighted by Gasteiger charge is -2.07. The molecule has 1 aromatic rings. The van der Waals surface area contributed by atoms with Crippen LogP contribution >= 0.6 is 11.8 Å². The molecule has 3 nitrogen and oxygen atoms in total. The van der Waals surface area contributed by atoms with E-state index in [1.807, 2.05) is 31.1 Å². The van der Waals surface area contributed by atoms with Crippen LogP contribution in [0.15, 0.2) is 18.3 Å². The Morgan fingerprint density at radius 2 is 2.40 bits per heavy atom. The highest BCUT2D eigenvalue weighted by atomic mass is 32.2. The number of anilines is 1. The zero-order chi connectivity index (χ0) is 11.1. The maximum Gasteiger partial charge on any atom is 0.125 e. The molecule has 0 fully saturated rings. The SMILES string of the molecule is CNc1cc(CSCC(C)CO)ccn1. The van der Waals surface area contributed by atoms with Crippen LogP contribution in [0.2, 0.25) is 0 Å².